The fraction of sp³-hybridized carbons (Fsp3) is 0.667. The molecule has 4 heteroatoms. The third-order valence-corrected chi connectivity index (χ3v) is 2.16. The van der Waals surface area contributed by atoms with E-state index in [0.717, 1.165) is 0 Å². The molecule has 1 fully saturated rings. The Kier molecular flexibility index (Phi) is 4.08. The van der Waals surface area contributed by atoms with Crippen LogP contribution < -0.4 is 0 Å². The van der Waals surface area contributed by atoms with Crippen molar-refractivity contribution in [3.63, 3.8) is 0 Å². The van der Waals surface area contributed by atoms with Crippen LogP contribution in [0.5, 0.6) is 0 Å². The lowest BCUT2D eigenvalue weighted by atomic mass is 10.1. The van der Waals surface area contributed by atoms with Crippen LogP contribution in [0.2, 0.25) is 0 Å². The van der Waals surface area contributed by atoms with Crippen molar-refractivity contribution in [3.8, 4) is 0 Å². The molecule has 1 aliphatic rings. The van der Waals surface area contributed by atoms with Gasteiger partial charge in [0, 0.05) is 13.1 Å². The maximum absolute atomic E-state index is 11.3. The molecule has 13 heavy (non-hydrogen) atoms. The summed E-state index contributed by atoms with van der Waals surface area (Å²) in [5.41, 5.74) is 0. The van der Waals surface area contributed by atoms with Gasteiger partial charge in [-0.1, -0.05) is 6.58 Å². The quantitative estimate of drug-likeness (QED) is 0.596. The second kappa shape index (κ2) is 5.11. The number of carbonyl (C=O) groups excluding carboxylic acids is 1. The zero-order valence-electron chi connectivity index (χ0n) is 7.61. The van der Waals surface area contributed by atoms with Gasteiger partial charge in [0.25, 0.3) is 0 Å². The fourth-order valence-corrected chi connectivity index (χ4v) is 1.43. The van der Waals surface area contributed by atoms with Gasteiger partial charge in [0.15, 0.2) is 5.78 Å². The Morgan fingerprint density at radius 3 is 3.15 bits per heavy atom. The van der Waals surface area contributed by atoms with Gasteiger partial charge in [-0.3, -0.25) is 9.69 Å². The average molecular weight is 185 g/mol. The fourth-order valence-electron chi connectivity index (χ4n) is 1.43. The highest BCUT2D eigenvalue weighted by Crippen LogP contribution is 2.07. The Balaban J connectivity index is 2.55. The average Bonchev–Trinajstić information content (AvgIpc) is 2.18. The third kappa shape index (κ3) is 2.62. The molecular formula is C9H15NO3. The molecule has 1 aliphatic heterocycles. The first-order valence-electron chi connectivity index (χ1n) is 4.38. The summed E-state index contributed by atoms with van der Waals surface area (Å²) in [6.07, 6.45) is 1.31. The molecule has 0 spiro atoms. The first-order chi connectivity index (χ1) is 6.29. The summed E-state index contributed by atoms with van der Waals surface area (Å²) in [7, 11) is 0. The molecule has 0 aromatic heterocycles. The van der Waals surface area contributed by atoms with Crippen molar-refractivity contribution < 1.29 is 14.6 Å². The molecule has 1 saturated heterocycles. The van der Waals surface area contributed by atoms with Gasteiger partial charge in [-0.15, -0.1) is 0 Å². The number of β-amino-alcohol motifs (C(OH)–C–C–N with tert-alkyl or cyclic N) is 1. The molecule has 0 aliphatic carbocycles. The van der Waals surface area contributed by atoms with Crippen molar-refractivity contribution >= 4 is 5.78 Å². The zero-order valence-corrected chi connectivity index (χ0v) is 7.61. The molecule has 0 radical (unpaired) electrons. The van der Waals surface area contributed by atoms with Gasteiger partial charge in [0.1, 0.15) is 0 Å². The van der Waals surface area contributed by atoms with Crippen molar-refractivity contribution in [2.24, 2.45) is 0 Å². The maximum Gasteiger partial charge on any atom is 0.174 e. The van der Waals surface area contributed by atoms with E-state index in [-0.39, 0.29) is 18.4 Å². The third-order valence-electron chi connectivity index (χ3n) is 2.16. The van der Waals surface area contributed by atoms with Crippen molar-refractivity contribution in [2.45, 2.75) is 6.04 Å². The Morgan fingerprint density at radius 2 is 2.54 bits per heavy atom. The smallest absolute Gasteiger partial charge is 0.174 e. The molecule has 0 amide bonds. The Morgan fingerprint density at radius 1 is 1.77 bits per heavy atom. The van der Waals surface area contributed by atoms with Gasteiger partial charge in [-0.25, -0.2) is 0 Å². The molecule has 1 rings (SSSR count). The second-order valence-corrected chi connectivity index (χ2v) is 2.96. The van der Waals surface area contributed by atoms with Gasteiger partial charge in [-0.05, 0) is 6.08 Å². The van der Waals surface area contributed by atoms with Gasteiger partial charge in [0.2, 0.25) is 0 Å². The number of aliphatic hydroxyl groups is 1. The van der Waals surface area contributed by atoms with E-state index in [2.05, 4.69) is 6.58 Å². The van der Waals surface area contributed by atoms with Crippen LogP contribution >= 0.6 is 0 Å². The molecule has 1 unspecified atom stereocenters. The maximum atomic E-state index is 11.3. The molecule has 0 aromatic carbocycles. The van der Waals surface area contributed by atoms with Crippen LogP contribution in [0.15, 0.2) is 12.7 Å². The van der Waals surface area contributed by atoms with Gasteiger partial charge >= 0.3 is 0 Å². The summed E-state index contributed by atoms with van der Waals surface area (Å²) in [5.74, 6) is -0.0341. The molecule has 0 saturated carbocycles. The first kappa shape index (κ1) is 10.4. The minimum absolute atomic E-state index is 0.0341. The van der Waals surface area contributed by atoms with Crippen LogP contribution in [0.1, 0.15) is 0 Å². The SMILES string of the molecule is C=CC(=O)C1COCCN1CCO. The molecule has 4 nitrogen and oxygen atoms in total. The number of ketones is 1. The number of rotatable bonds is 4. The minimum Gasteiger partial charge on any atom is -0.395 e. The van der Waals surface area contributed by atoms with E-state index >= 15 is 0 Å². The van der Waals surface area contributed by atoms with Crippen LogP contribution in [-0.4, -0.2) is 54.7 Å². The van der Waals surface area contributed by atoms with Crippen LogP contribution in [0.25, 0.3) is 0 Å². The van der Waals surface area contributed by atoms with Crippen LogP contribution in [0, 0.1) is 0 Å². The molecule has 1 heterocycles. The number of hydrogen-bond acceptors (Lipinski definition) is 4. The minimum atomic E-state index is -0.251. The lowest BCUT2D eigenvalue weighted by Crippen LogP contribution is -2.50. The summed E-state index contributed by atoms with van der Waals surface area (Å²) in [5, 5.41) is 8.77. The van der Waals surface area contributed by atoms with E-state index in [9.17, 15) is 4.79 Å². The molecular weight excluding hydrogens is 170 g/mol. The van der Waals surface area contributed by atoms with E-state index in [1.807, 2.05) is 4.90 Å². The second-order valence-electron chi connectivity index (χ2n) is 2.96. The predicted molar refractivity (Wildman–Crippen MR) is 48.5 cm³/mol. The van der Waals surface area contributed by atoms with E-state index < -0.39 is 0 Å². The van der Waals surface area contributed by atoms with E-state index in [1.165, 1.54) is 6.08 Å². The molecule has 0 bridgehead atoms. The number of carbonyl (C=O) groups is 1. The first-order valence-corrected chi connectivity index (χ1v) is 4.38. The largest absolute Gasteiger partial charge is 0.395 e. The summed E-state index contributed by atoms with van der Waals surface area (Å²) in [6.45, 7) is 5.76. The number of aliphatic hydroxyl groups excluding tert-OH is 1. The monoisotopic (exact) mass is 185 g/mol. The highest BCUT2D eigenvalue weighted by molar-refractivity contribution is 5.93. The van der Waals surface area contributed by atoms with Crippen LogP contribution in [0.4, 0.5) is 0 Å². The number of morpholine rings is 1. The summed E-state index contributed by atoms with van der Waals surface area (Å²) in [4.78, 5) is 13.3. The Bertz CT molecular complexity index is 191. The van der Waals surface area contributed by atoms with E-state index in [4.69, 9.17) is 9.84 Å². The summed E-state index contributed by atoms with van der Waals surface area (Å²) < 4.78 is 5.19. The Labute approximate surface area is 77.8 Å². The standard InChI is InChI=1S/C9H15NO3/c1-2-9(12)8-7-13-6-4-10(8)3-5-11/h2,8,11H,1,3-7H2. The summed E-state index contributed by atoms with van der Waals surface area (Å²) in [6, 6.07) is -0.251. The van der Waals surface area contributed by atoms with Crippen molar-refractivity contribution in [3.05, 3.63) is 12.7 Å². The zero-order chi connectivity index (χ0) is 9.68. The van der Waals surface area contributed by atoms with Crippen LogP contribution in [-0.2, 0) is 9.53 Å². The highest BCUT2D eigenvalue weighted by atomic mass is 16.5. The Hall–Kier alpha value is -0.710. The van der Waals surface area contributed by atoms with Crippen molar-refractivity contribution in [1.29, 1.82) is 0 Å². The van der Waals surface area contributed by atoms with Gasteiger partial charge in [0.05, 0.1) is 25.9 Å². The molecule has 0 aromatic rings. The molecule has 1 atom stereocenters. The van der Waals surface area contributed by atoms with Gasteiger partial charge in [-0.2, -0.15) is 0 Å². The lowest BCUT2D eigenvalue weighted by molar-refractivity contribution is -0.125. The van der Waals surface area contributed by atoms with E-state index in [0.29, 0.717) is 26.3 Å². The van der Waals surface area contributed by atoms with Gasteiger partial charge < -0.3 is 9.84 Å². The van der Waals surface area contributed by atoms with Crippen molar-refractivity contribution in [1.82, 2.24) is 4.90 Å². The predicted octanol–water partition coefficient (Wildman–Crippen LogP) is -0.565. The number of ether oxygens (including phenoxy) is 1. The summed E-state index contributed by atoms with van der Waals surface area (Å²) >= 11 is 0. The molecule has 1 N–H and O–H groups in total. The van der Waals surface area contributed by atoms with E-state index in [1.54, 1.807) is 0 Å². The van der Waals surface area contributed by atoms with Crippen molar-refractivity contribution in [2.75, 3.05) is 32.9 Å². The molecule has 74 valence electrons. The number of hydrogen-bond donors (Lipinski definition) is 1. The number of nitrogens with zero attached hydrogens (tertiary/aromatic N) is 1. The highest BCUT2D eigenvalue weighted by Gasteiger charge is 2.26. The lowest BCUT2D eigenvalue weighted by Gasteiger charge is -2.33. The topological polar surface area (TPSA) is 49.8 Å². The normalized spacial score (nSPS) is 24.2. The van der Waals surface area contributed by atoms with Crippen LogP contribution in [0.3, 0.4) is 0 Å².